The van der Waals surface area contributed by atoms with E-state index in [9.17, 15) is 0 Å². The van der Waals surface area contributed by atoms with E-state index in [2.05, 4.69) is 199 Å². The number of fused-ring (bicyclic) bond motifs is 10. The summed E-state index contributed by atoms with van der Waals surface area (Å²) in [5, 5.41) is 10.7. The number of benzene rings is 9. The summed E-state index contributed by atoms with van der Waals surface area (Å²) in [7, 11) is 0. The van der Waals surface area contributed by atoms with Gasteiger partial charge in [0, 0.05) is 61.7 Å². The van der Waals surface area contributed by atoms with Crippen molar-refractivity contribution in [3.05, 3.63) is 231 Å². The quantitative estimate of drug-likeness (QED) is 0.157. The molecule has 0 unspecified atom stereocenters. The van der Waals surface area contributed by atoms with Crippen LogP contribution in [0, 0.1) is 0 Å². The Bertz CT molecular complexity index is 3920. The molecule has 0 saturated heterocycles. The first-order valence-corrected chi connectivity index (χ1v) is 22.1. The van der Waals surface area contributed by atoms with E-state index in [0.29, 0.717) is 0 Å². The van der Waals surface area contributed by atoms with E-state index in [-0.39, 0.29) is 0 Å². The molecule has 4 heterocycles. The van der Waals surface area contributed by atoms with E-state index in [1.54, 1.807) is 0 Å². The number of para-hydroxylation sites is 2. The molecule has 0 N–H and O–H groups in total. The van der Waals surface area contributed by atoms with Gasteiger partial charge in [0.05, 0.1) is 33.6 Å². The van der Waals surface area contributed by atoms with Crippen molar-refractivity contribution in [2.75, 3.05) is 0 Å². The van der Waals surface area contributed by atoms with E-state index >= 15 is 0 Å². The van der Waals surface area contributed by atoms with Gasteiger partial charge in [-0.3, -0.25) is 9.97 Å². The molecular weight excluding hydrogens is 789 g/mol. The first-order valence-electron chi connectivity index (χ1n) is 22.1. The van der Waals surface area contributed by atoms with Gasteiger partial charge in [-0.25, -0.2) is 4.98 Å². The number of nitrogens with zero attached hydrogens (tertiary/aromatic N) is 4. The zero-order valence-corrected chi connectivity index (χ0v) is 35.2. The Morgan fingerprint density at radius 1 is 0.308 bits per heavy atom. The predicted octanol–water partition coefficient (Wildman–Crippen LogP) is 15.9. The molecule has 4 nitrogen and oxygen atoms in total. The van der Waals surface area contributed by atoms with Gasteiger partial charge in [-0.05, 0) is 117 Å². The van der Waals surface area contributed by atoms with Crippen molar-refractivity contribution in [2.24, 2.45) is 0 Å². The van der Waals surface area contributed by atoms with Crippen LogP contribution in [0.2, 0.25) is 0 Å². The Hall–Kier alpha value is -8.73. The van der Waals surface area contributed by atoms with Crippen molar-refractivity contribution in [1.29, 1.82) is 0 Å². The molecule has 65 heavy (non-hydrogen) atoms. The minimum Gasteiger partial charge on any atom is -0.309 e. The zero-order chi connectivity index (χ0) is 42.8. The molecule has 0 aliphatic carbocycles. The number of pyridine rings is 3. The topological polar surface area (TPSA) is 43.6 Å². The van der Waals surface area contributed by atoms with E-state index in [1.807, 2.05) is 36.7 Å². The lowest BCUT2D eigenvalue weighted by molar-refractivity contribution is 1.18. The highest BCUT2D eigenvalue weighted by Gasteiger charge is 2.23. The number of aromatic nitrogens is 4. The number of hydrogen-bond acceptors (Lipinski definition) is 3. The fourth-order valence-corrected chi connectivity index (χ4v) is 10.2. The Labute approximate surface area is 375 Å². The van der Waals surface area contributed by atoms with E-state index in [1.165, 1.54) is 48.7 Å². The van der Waals surface area contributed by atoms with Gasteiger partial charge in [0.25, 0.3) is 0 Å². The van der Waals surface area contributed by atoms with Crippen LogP contribution in [0.15, 0.2) is 231 Å². The molecule has 0 bridgehead atoms. The van der Waals surface area contributed by atoms with Crippen LogP contribution in [0.25, 0.3) is 127 Å². The molecule has 0 aliphatic heterocycles. The molecule has 0 radical (unpaired) electrons. The van der Waals surface area contributed by atoms with Gasteiger partial charge in [-0.1, -0.05) is 146 Å². The molecule has 302 valence electrons. The first kappa shape index (κ1) is 36.9. The van der Waals surface area contributed by atoms with E-state index < -0.39 is 0 Å². The van der Waals surface area contributed by atoms with Crippen LogP contribution in [0.4, 0.5) is 0 Å². The smallest absolute Gasteiger partial charge is 0.0788 e. The summed E-state index contributed by atoms with van der Waals surface area (Å²) in [5.74, 6) is 0. The molecule has 0 amide bonds. The highest BCUT2D eigenvalue weighted by Crippen LogP contribution is 2.47. The molecule has 0 fully saturated rings. The second-order valence-corrected chi connectivity index (χ2v) is 16.7. The van der Waals surface area contributed by atoms with Crippen molar-refractivity contribution >= 4 is 65.0 Å². The molecule has 0 atom stereocenters. The maximum atomic E-state index is 5.67. The minimum atomic E-state index is 0.923. The van der Waals surface area contributed by atoms with Crippen molar-refractivity contribution in [2.45, 2.75) is 0 Å². The molecular formula is C61H38N4. The highest BCUT2D eigenvalue weighted by atomic mass is 15.0. The summed E-state index contributed by atoms with van der Waals surface area (Å²) >= 11 is 0. The van der Waals surface area contributed by atoms with Crippen molar-refractivity contribution in [1.82, 2.24) is 19.5 Å². The molecule has 13 aromatic rings. The zero-order valence-electron chi connectivity index (χ0n) is 35.2. The molecule has 0 aliphatic rings. The molecule has 0 saturated carbocycles. The summed E-state index contributed by atoms with van der Waals surface area (Å²) in [6, 6.07) is 78.3. The van der Waals surface area contributed by atoms with Gasteiger partial charge >= 0.3 is 0 Å². The average Bonchev–Trinajstić information content (AvgIpc) is 3.73. The minimum absolute atomic E-state index is 0.923. The van der Waals surface area contributed by atoms with Crippen LogP contribution in [-0.2, 0) is 0 Å². The van der Waals surface area contributed by atoms with E-state index in [4.69, 9.17) is 15.0 Å². The van der Waals surface area contributed by atoms with E-state index in [0.717, 1.165) is 78.0 Å². The fraction of sp³-hybridized carbons (Fsp3) is 0. The summed E-state index contributed by atoms with van der Waals surface area (Å²) < 4.78 is 2.41. The Balaban J connectivity index is 1.11. The molecule has 0 spiro atoms. The molecule has 13 rings (SSSR count). The predicted molar refractivity (Wildman–Crippen MR) is 271 cm³/mol. The molecule has 4 heteroatoms. The maximum absolute atomic E-state index is 5.67. The van der Waals surface area contributed by atoms with Crippen LogP contribution in [0.5, 0.6) is 0 Å². The van der Waals surface area contributed by atoms with Gasteiger partial charge in [0.1, 0.15) is 0 Å². The second-order valence-electron chi connectivity index (χ2n) is 16.7. The third-order valence-corrected chi connectivity index (χ3v) is 13.0. The van der Waals surface area contributed by atoms with Crippen LogP contribution < -0.4 is 0 Å². The summed E-state index contributed by atoms with van der Waals surface area (Å²) in [6.45, 7) is 0. The number of hydrogen-bond donors (Lipinski definition) is 0. The second kappa shape index (κ2) is 15.0. The average molecular weight is 827 g/mol. The lowest BCUT2D eigenvalue weighted by atomic mass is 9.87. The summed E-state index contributed by atoms with van der Waals surface area (Å²) in [6.07, 6.45) is 3.71. The van der Waals surface area contributed by atoms with Crippen molar-refractivity contribution < 1.29 is 0 Å². The van der Waals surface area contributed by atoms with Crippen molar-refractivity contribution in [3.63, 3.8) is 0 Å². The van der Waals surface area contributed by atoms with Crippen LogP contribution in [-0.4, -0.2) is 19.5 Å². The monoisotopic (exact) mass is 826 g/mol. The Morgan fingerprint density at radius 2 is 0.862 bits per heavy atom. The van der Waals surface area contributed by atoms with Crippen molar-refractivity contribution in [3.8, 4) is 61.7 Å². The van der Waals surface area contributed by atoms with Gasteiger partial charge in [0.2, 0.25) is 0 Å². The fourth-order valence-electron chi connectivity index (χ4n) is 10.2. The van der Waals surface area contributed by atoms with Gasteiger partial charge in [0.15, 0.2) is 0 Å². The largest absolute Gasteiger partial charge is 0.309 e. The molecule has 4 aromatic heterocycles. The van der Waals surface area contributed by atoms with Gasteiger partial charge < -0.3 is 4.57 Å². The van der Waals surface area contributed by atoms with Gasteiger partial charge in [-0.15, -0.1) is 0 Å². The van der Waals surface area contributed by atoms with Crippen LogP contribution in [0.3, 0.4) is 0 Å². The SMILES string of the molecule is c1ccc(-c2nc3cc(-c4ccc(-c5cc(-c6ccccn6)cc(-c6ccccn6)c5)c5ccccc45)c4ccccc4c3c3c2ccc2c3c3ccccc3n2-c2ccccc2)cc1. The normalized spacial score (nSPS) is 11.7. The standard InChI is InChI=1S/C61H38N4/c1-3-17-39(18-4-1)61-51-31-32-57-59(50-25-11-12-28-56(50)65(57)43-19-5-2-6-20-43)60(51)58-49-24-10-9-23-47(49)52(38-55(58)64-61)48-30-29-44(45-21-7-8-22-46(45)48)40-35-41(53-26-13-15-33-62-53)37-42(36-40)54-27-14-16-34-63-54/h1-38H. The third kappa shape index (κ3) is 5.96. The lowest BCUT2D eigenvalue weighted by Crippen LogP contribution is -1.95. The van der Waals surface area contributed by atoms with Crippen LogP contribution >= 0.6 is 0 Å². The first-order chi connectivity index (χ1) is 32.3. The Morgan fingerprint density at radius 3 is 1.54 bits per heavy atom. The molecule has 9 aromatic carbocycles. The van der Waals surface area contributed by atoms with Gasteiger partial charge in [-0.2, -0.15) is 0 Å². The maximum Gasteiger partial charge on any atom is 0.0788 e. The Kier molecular flexibility index (Phi) is 8.50. The summed E-state index contributed by atoms with van der Waals surface area (Å²) in [5.41, 5.74) is 15.0. The third-order valence-electron chi connectivity index (χ3n) is 13.0. The van der Waals surface area contributed by atoms with Crippen LogP contribution in [0.1, 0.15) is 0 Å². The number of rotatable bonds is 6. The lowest BCUT2D eigenvalue weighted by Gasteiger charge is -2.18. The highest BCUT2D eigenvalue weighted by molar-refractivity contribution is 6.34. The summed E-state index contributed by atoms with van der Waals surface area (Å²) in [4.78, 5) is 15.2.